The second-order valence-electron chi connectivity index (χ2n) is 6.53. The highest BCUT2D eigenvalue weighted by Crippen LogP contribution is 2.42. The van der Waals surface area contributed by atoms with Crippen molar-refractivity contribution in [3.05, 3.63) is 70.9 Å². The fourth-order valence-electron chi connectivity index (χ4n) is 3.64. The Kier molecular flexibility index (Phi) is 3.99. The van der Waals surface area contributed by atoms with E-state index in [4.69, 9.17) is 9.47 Å². The number of nitrogens with zero attached hydrogens (tertiary/aromatic N) is 1. The summed E-state index contributed by atoms with van der Waals surface area (Å²) in [6.45, 7) is 2.10. The van der Waals surface area contributed by atoms with E-state index in [1.54, 1.807) is 12.0 Å². The van der Waals surface area contributed by atoms with Crippen LogP contribution in [0.15, 0.2) is 59.8 Å². The van der Waals surface area contributed by atoms with Crippen LogP contribution in [0.2, 0.25) is 0 Å². The topological polar surface area (TPSA) is 55.8 Å². The van der Waals surface area contributed by atoms with Gasteiger partial charge in [0.05, 0.1) is 18.4 Å². The normalized spacial score (nSPS) is 19.5. The summed E-state index contributed by atoms with van der Waals surface area (Å²) < 4.78 is 10.5. The third kappa shape index (κ3) is 2.65. The second-order valence-corrected chi connectivity index (χ2v) is 6.53. The van der Waals surface area contributed by atoms with E-state index in [-0.39, 0.29) is 30.8 Å². The van der Waals surface area contributed by atoms with Crippen molar-refractivity contribution < 1.29 is 19.1 Å². The van der Waals surface area contributed by atoms with Gasteiger partial charge < -0.3 is 9.47 Å². The van der Waals surface area contributed by atoms with Crippen molar-refractivity contribution in [3.8, 4) is 5.75 Å². The van der Waals surface area contributed by atoms with E-state index in [1.165, 1.54) is 0 Å². The van der Waals surface area contributed by atoms with Gasteiger partial charge >= 0.3 is 5.97 Å². The zero-order valence-corrected chi connectivity index (χ0v) is 14.7. The molecule has 2 aromatic rings. The van der Waals surface area contributed by atoms with E-state index in [0.717, 1.165) is 22.6 Å². The zero-order valence-electron chi connectivity index (χ0n) is 14.7. The summed E-state index contributed by atoms with van der Waals surface area (Å²) in [6.07, 6.45) is 0.230. The van der Waals surface area contributed by atoms with Crippen LogP contribution in [-0.2, 0) is 14.3 Å². The molecule has 5 heteroatoms. The maximum atomic E-state index is 13.0. The molecule has 2 heterocycles. The van der Waals surface area contributed by atoms with Crippen LogP contribution in [0, 0.1) is 6.92 Å². The number of esters is 1. The lowest BCUT2D eigenvalue weighted by Crippen LogP contribution is -2.37. The number of ether oxygens (including phenoxy) is 2. The molecule has 0 saturated heterocycles. The molecular formula is C21H19NO4. The first kappa shape index (κ1) is 16.4. The molecule has 0 aliphatic carbocycles. The predicted molar refractivity (Wildman–Crippen MR) is 97.0 cm³/mol. The van der Waals surface area contributed by atoms with Gasteiger partial charge in [0.15, 0.2) is 0 Å². The smallest absolute Gasteiger partial charge is 0.336 e. The lowest BCUT2D eigenvalue weighted by atomic mass is 9.84. The van der Waals surface area contributed by atoms with Gasteiger partial charge in [0.2, 0.25) is 5.91 Å². The van der Waals surface area contributed by atoms with Crippen LogP contribution in [0.5, 0.6) is 5.75 Å². The molecule has 132 valence electrons. The van der Waals surface area contributed by atoms with Gasteiger partial charge in [-0.15, -0.1) is 0 Å². The first-order chi connectivity index (χ1) is 12.6. The van der Waals surface area contributed by atoms with Crippen molar-refractivity contribution in [1.82, 2.24) is 0 Å². The zero-order chi connectivity index (χ0) is 18.3. The Hall–Kier alpha value is -3.08. The van der Waals surface area contributed by atoms with Crippen molar-refractivity contribution >= 4 is 17.6 Å². The van der Waals surface area contributed by atoms with Gasteiger partial charge in [-0.25, -0.2) is 4.79 Å². The van der Waals surface area contributed by atoms with Crippen LogP contribution in [0.1, 0.15) is 23.5 Å². The molecule has 0 fully saturated rings. The Bertz CT molecular complexity index is 914. The molecule has 0 spiro atoms. The van der Waals surface area contributed by atoms with Crippen LogP contribution in [0.3, 0.4) is 0 Å². The third-order valence-electron chi connectivity index (χ3n) is 4.90. The summed E-state index contributed by atoms with van der Waals surface area (Å²) in [5, 5.41) is 0. The van der Waals surface area contributed by atoms with Gasteiger partial charge in [-0.05, 0) is 42.3 Å². The number of benzene rings is 2. The fourth-order valence-corrected chi connectivity index (χ4v) is 3.64. The minimum Gasteiger partial charge on any atom is -0.497 e. The molecule has 0 radical (unpaired) electrons. The molecule has 4 rings (SSSR count). The number of cyclic esters (lactones) is 1. The monoisotopic (exact) mass is 349 g/mol. The highest BCUT2D eigenvalue weighted by molar-refractivity contribution is 6.06. The molecule has 0 unspecified atom stereocenters. The van der Waals surface area contributed by atoms with Crippen LogP contribution in [0.4, 0.5) is 5.69 Å². The summed E-state index contributed by atoms with van der Waals surface area (Å²) in [4.78, 5) is 27.0. The highest BCUT2D eigenvalue weighted by Gasteiger charge is 2.42. The Labute approximate surface area is 151 Å². The number of hydrogen-bond donors (Lipinski definition) is 0. The number of methoxy groups -OCH3 is 1. The maximum Gasteiger partial charge on any atom is 0.336 e. The Morgan fingerprint density at radius 1 is 1.12 bits per heavy atom. The molecular weight excluding hydrogens is 330 g/mol. The van der Waals surface area contributed by atoms with E-state index >= 15 is 0 Å². The molecule has 0 aromatic heterocycles. The minimum absolute atomic E-state index is 0.0338. The second kappa shape index (κ2) is 6.33. The highest BCUT2D eigenvalue weighted by atomic mass is 16.5. The van der Waals surface area contributed by atoms with Crippen LogP contribution in [0.25, 0.3) is 0 Å². The first-order valence-corrected chi connectivity index (χ1v) is 8.52. The van der Waals surface area contributed by atoms with E-state index in [1.807, 2.05) is 55.5 Å². The number of amides is 1. The fraction of sp³-hybridized carbons (Fsp3) is 0.238. The molecule has 0 N–H and O–H groups in total. The van der Waals surface area contributed by atoms with Crippen molar-refractivity contribution in [2.45, 2.75) is 19.3 Å². The Morgan fingerprint density at radius 2 is 1.88 bits per heavy atom. The molecule has 5 nitrogen and oxygen atoms in total. The average molecular weight is 349 g/mol. The molecule has 2 aromatic carbocycles. The van der Waals surface area contributed by atoms with Gasteiger partial charge in [0, 0.05) is 18.0 Å². The van der Waals surface area contributed by atoms with Gasteiger partial charge in [0.25, 0.3) is 0 Å². The quantitative estimate of drug-likeness (QED) is 0.798. The lowest BCUT2D eigenvalue weighted by molar-refractivity contribution is -0.136. The van der Waals surface area contributed by atoms with Crippen molar-refractivity contribution in [2.24, 2.45) is 0 Å². The Balaban J connectivity index is 1.80. The minimum atomic E-state index is -0.342. The number of anilines is 1. The molecule has 2 aliphatic heterocycles. The average Bonchev–Trinajstić information content (AvgIpc) is 3.02. The standard InChI is InChI=1S/C21H19NO4/c1-13-4-3-5-15(10-13)22-18-12-26-21(24)20(18)17(11-19(22)23)14-6-8-16(25-2)9-7-14/h3-10,17H,11-12H2,1-2H3/t17-/m1/s1. The Morgan fingerprint density at radius 3 is 2.58 bits per heavy atom. The number of aryl methyl sites for hydroxylation is 1. The molecule has 2 aliphatic rings. The molecule has 1 atom stereocenters. The molecule has 0 bridgehead atoms. The molecule has 1 amide bonds. The summed E-state index contributed by atoms with van der Waals surface area (Å²) in [5.41, 5.74) is 3.97. The summed E-state index contributed by atoms with van der Waals surface area (Å²) in [6, 6.07) is 15.2. The first-order valence-electron chi connectivity index (χ1n) is 8.52. The number of rotatable bonds is 3. The van der Waals surface area contributed by atoms with Gasteiger partial charge in [0.1, 0.15) is 12.4 Å². The maximum absolute atomic E-state index is 13.0. The van der Waals surface area contributed by atoms with Crippen LogP contribution >= 0.6 is 0 Å². The summed E-state index contributed by atoms with van der Waals surface area (Å²) >= 11 is 0. The summed E-state index contributed by atoms with van der Waals surface area (Å²) in [7, 11) is 1.60. The third-order valence-corrected chi connectivity index (χ3v) is 4.90. The van der Waals surface area contributed by atoms with Gasteiger partial charge in [-0.2, -0.15) is 0 Å². The van der Waals surface area contributed by atoms with Crippen LogP contribution < -0.4 is 9.64 Å². The van der Waals surface area contributed by atoms with Crippen LogP contribution in [-0.4, -0.2) is 25.6 Å². The molecule has 0 saturated carbocycles. The number of carbonyl (C=O) groups is 2. The SMILES string of the molecule is COc1ccc([C@H]2CC(=O)N(c3cccc(C)c3)C3=C2C(=O)OC3)cc1. The van der Waals surface area contributed by atoms with E-state index in [9.17, 15) is 9.59 Å². The van der Waals surface area contributed by atoms with Gasteiger partial charge in [-0.1, -0.05) is 24.3 Å². The van der Waals surface area contributed by atoms with Gasteiger partial charge in [-0.3, -0.25) is 9.69 Å². The number of hydrogen-bond acceptors (Lipinski definition) is 4. The largest absolute Gasteiger partial charge is 0.497 e. The predicted octanol–water partition coefficient (Wildman–Crippen LogP) is 3.34. The number of carbonyl (C=O) groups excluding carboxylic acids is 2. The van der Waals surface area contributed by atoms with E-state index < -0.39 is 0 Å². The summed E-state index contributed by atoms with van der Waals surface area (Å²) in [5.74, 6) is 0.0689. The van der Waals surface area contributed by atoms with Crippen molar-refractivity contribution in [2.75, 3.05) is 18.6 Å². The molecule has 26 heavy (non-hydrogen) atoms. The van der Waals surface area contributed by atoms with Crippen molar-refractivity contribution in [3.63, 3.8) is 0 Å². The van der Waals surface area contributed by atoms with E-state index in [2.05, 4.69) is 0 Å². The lowest BCUT2D eigenvalue weighted by Gasteiger charge is -2.32. The van der Waals surface area contributed by atoms with E-state index in [0.29, 0.717) is 11.3 Å². The van der Waals surface area contributed by atoms with Crippen molar-refractivity contribution in [1.29, 1.82) is 0 Å².